The maximum Gasteiger partial charge on any atom is 0.227 e. The van der Waals surface area contributed by atoms with Gasteiger partial charge in [0.15, 0.2) is 5.82 Å². The molecule has 1 fully saturated rings. The van der Waals surface area contributed by atoms with Gasteiger partial charge in [-0.15, -0.1) is 0 Å². The molecule has 116 valence electrons. The number of amides is 1. The van der Waals surface area contributed by atoms with E-state index < -0.39 is 0 Å². The van der Waals surface area contributed by atoms with E-state index in [1.807, 2.05) is 31.2 Å². The van der Waals surface area contributed by atoms with Crippen LogP contribution in [0.1, 0.15) is 25.6 Å². The molecule has 1 aromatic carbocycles. The van der Waals surface area contributed by atoms with E-state index in [9.17, 15) is 4.79 Å². The number of rotatable bonds is 3. The molecule has 1 saturated heterocycles. The number of hydrogen-bond donors (Lipinski definition) is 3. The Morgan fingerprint density at radius 3 is 2.73 bits per heavy atom. The summed E-state index contributed by atoms with van der Waals surface area (Å²) in [6.07, 6.45) is 1.78. The molecule has 0 spiro atoms. The number of nitrogens with zero attached hydrogens (tertiary/aromatic N) is 2. The lowest BCUT2D eigenvalue weighted by Crippen LogP contribution is -2.40. The Kier molecular flexibility index (Phi) is 4.20. The van der Waals surface area contributed by atoms with E-state index in [1.165, 1.54) is 0 Å². The van der Waals surface area contributed by atoms with Crippen LogP contribution in [0.25, 0.3) is 11.4 Å². The molecule has 0 bridgehead atoms. The summed E-state index contributed by atoms with van der Waals surface area (Å²) in [5.41, 5.74) is 1.74. The van der Waals surface area contributed by atoms with Crippen LogP contribution in [0.15, 0.2) is 24.3 Å². The molecule has 1 aromatic heterocycles. The number of H-pyrrole nitrogens is 1. The van der Waals surface area contributed by atoms with Gasteiger partial charge in [0, 0.05) is 23.2 Å². The van der Waals surface area contributed by atoms with Gasteiger partial charge in [-0.05, 0) is 57.5 Å². The first-order valence-electron chi connectivity index (χ1n) is 7.65. The first-order valence-corrected chi connectivity index (χ1v) is 7.65. The topological polar surface area (TPSA) is 82.7 Å². The van der Waals surface area contributed by atoms with Gasteiger partial charge in [0.25, 0.3) is 0 Å². The molecule has 3 N–H and O–H groups in total. The Hall–Kier alpha value is -2.21. The van der Waals surface area contributed by atoms with E-state index in [4.69, 9.17) is 0 Å². The molecule has 0 aliphatic carbocycles. The zero-order valence-corrected chi connectivity index (χ0v) is 12.9. The van der Waals surface area contributed by atoms with Gasteiger partial charge in [0.2, 0.25) is 5.91 Å². The van der Waals surface area contributed by atoms with Crippen LogP contribution in [0.2, 0.25) is 0 Å². The van der Waals surface area contributed by atoms with Gasteiger partial charge in [-0.3, -0.25) is 9.89 Å². The van der Waals surface area contributed by atoms with Crippen molar-refractivity contribution in [1.82, 2.24) is 20.5 Å². The highest BCUT2D eigenvalue weighted by atomic mass is 16.1. The number of hydrogen-bond acceptors (Lipinski definition) is 4. The predicted octanol–water partition coefficient (Wildman–Crippen LogP) is 2.11. The van der Waals surface area contributed by atoms with Crippen LogP contribution in [-0.2, 0) is 4.79 Å². The van der Waals surface area contributed by atoms with Crippen LogP contribution in [0.4, 0.5) is 5.69 Å². The molecule has 6 heteroatoms. The molecular weight excluding hydrogens is 278 g/mol. The molecule has 22 heavy (non-hydrogen) atoms. The van der Waals surface area contributed by atoms with Crippen molar-refractivity contribution in [2.24, 2.45) is 5.92 Å². The summed E-state index contributed by atoms with van der Waals surface area (Å²) in [6.45, 7) is 4.89. The van der Waals surface area contributed by atoms with Crippen molar-refractivity contribution in [3.05, 3.63) is 30.1 Å². The van der Waals surface area contributed by atoms with Crippen LogP contribution in [-0.4, -0.2) is 33.7 Å². The molecule has 0 unspecified atom stereocenters. The minimum absolute atomic E-state index is 0.0894. The van der Waals surface area contributed by atoms with Crippen molar-refractivity contribution < 1.29 is 4.79 Å². The number of anilines is 1. The average Bonchev–Trinajstić information content (AvgIpc) is 2.94. The van der Waals surface area contributed by atoms with E-state index in [1.54, 1.807) is 0 Å². The summed E-state index contributed by atoms with van der Waals surface area (Å²) in [5.74, 6) is 1.65. The summed E-state index contributed by atoms with van der Waals surface area (Å²) < 4.78 is 0. The van der Waals surface area contributed by atoms with Crippen molar-refractivity contribution in [2.45, 2.75) is 32.7 Å². The molecule has 0 radical (unpaired) electrons. The van der Waals surface area contributed by atoms with Crippen molar-refractivity contribution in [2.75, 3.05) is 11.9 Å². The van der Waals surface area contributed by atoms with Crippen molar-refractivity contribution in [3.63, 3.8) is 0 Å². The predicted molar refractivity (Wildman–Crippen MR) is 85.4 cm³/mol. The third-order valence-electron chi connectivity index (χ3n) is 4.00. The Balaban J connectivity index is 1.64. The summed E-state index contributed by atoms with van der Waals surface area (Å²) in [7, 11) is 0. The van der Waals surface area contributed by atoms with E-state index >= 15 is 0 Å². The van der Waals surface area contributed by atoms with Gasteiger partial charge in [-0.2, -0.15) is 5.10 Å². The molecule has 6 nitrogen and oxygen atoms in total. The second-order valence-corrected chi connectivity index (χ2v) is 5.89. The van der Waals surface area contributed by atoms with E-state index in [0.717, 1.165) is 36.5 Å². The standard InChI is InChI=1S/C16H21N5O/c1-10-9-13(7-8-17-10)16(22)19-14-5-3-12(4-6-14)15-18-11(2)20-21-15/h3-6,10,13,17H,7-9H2,1-2H3,(H,19,22)(H,18,20,21)/t10-,13-/m0/s1. The molecule has 1 aliphatic heterocycles. The number of aromatic nitrogens is 3. The highest BCUT2D eigenvalue weighted by molar-refractivity contribution is 5.92. The molecule has 2 heterocycles. The number of piperidine rings is 1. The number of benzene rings is 1. The molecule has 1 aliphatic rings. The normalized spacial score (nSPS) is 21.5. The molecule has 2 aromatic rings. The fraction of sp³-hybridized carbons (Fsp3) is 0.438. The summed E-state index contributed by atoms with van der Waals surface area (Å²) in [4.78, 5) is 16.6. The number of carbonyl (C=O) groups is 1. The lowest BCUT2D eigenvalue weighted by Gasteiger charge is -2.27. The minimum atomic E-state index is 0.0894. The van der Waals surface area contributed by atoms with Crippen LogP contribution in [0.5, 0.6) is 0 Å². The molecule has 0 saturated carbocycles. The molecule has 1 amide bonds. The highest BCUT2D eigenvalue weighted by Crippen LogP contribution is 2.21. The third-order valence-corrected chi connectivity index (χ3v) is 4.00. The second kappa shape index (κ2) is 6.27. The van der Waals surface area contributed by atoms with Crippen LogP contribution >= 0.6 is 0 Å². The fourth-order valence-corrected chi connectivity index (χ4v) is 2.79. The first kappa shape index (κ1) is 14.7. The maximum absolute atomic E-state index is 12.3. The van der Waals surface area contributed by atoms with E-state index in [2.05, 4.69) is 32.7 Å². The highest BCUT2D eigenvalue weighted by Gasteiger charge is 2.24. The van der Waals surface area contributed by atoms with Gasteiger partial charge in [0.1, 0.15) is 5.82 Å². The SMILES string of the molecule is Cc1nc(-c2ccc(NC(=O)[C@H]3CCN[C@@H](C)C3)cc2)n[nH]1. The van der Waals surface area contributed by atoms with Crippen LogP contribution < -0.4 is 10.6 Å². The Labute approximate surface area is 129 Å². The smallest absolute Gasteiger partial charge is 0.227 e. The number of carbonyl (C=O) groups excluding carboxylic acids is 1. The van der Waals surface area contributed by atoms with E-state index in [0.29, 0.717) is 11.9 Å². The van der Waals surface area contributed by atoms with Crippen molar-refractivity contribution in [1.29, 1.82) is 0 Å². The third kappa shape index (κ3) is 3.33. The van der Waals surface area contributed by atoms with Crippen LogP contribution in [0.3, 0.4) is 0 Å². The average molecular weight is 299 g/mol. The van der Waals surface area contributed by atoms with E-state index in [-0.39, 0.29) is 11.8 Å². The van der Waals surface area contributed by atoms with Crippen LogP contribution in [0, 0.1) is 12.8 Å². The van der Waals surface area contributed by atoms with Gasteiger partial charge in [-0.25, -0.2) is 4.98 Å². The molecule has 3 rings (SSSR count). The number of aromatic amines is 1. The van der Waals surface area contributed by atoms with Crippen molar-refractivity contribution in [3.8, 4) is 11.4 Å². The summed E-state index contributed by atoms with van der Waals surface area (Å²) in [5, 5.41) is 13.3. The van der Waals surface area contributed by atoms with Crippen molar-refractivity contribution >= 4 is 11.6 Å². The Bertz CT molecular complexity index is 649. The fourth-order valence-electron chi connectivity index (χ4n) is 2.79. The largest absolute Gasteiger partial charge is 0.326 e. The van der Waals surface area contributed by atoms with Gasteiger partial charge < -0.3 is 10.6 Å². The maximum atomic E-state index is 12.3. The summed E-state index contributed by atoms with van der Waals surface area (Å²) >= 11 is 0. The number of aryl methyl sites for hydroxylation is 1. The van der Waals surface area contributed by atoms with Gasteiger partial charge in [0.05, 0.1) is 0 Å². The van der Waals surface area contributed by atoms with Gasteiger partial charge >= 0.3 is 0 Å². The number of nitrogens with one attached hydrogen (secondary N) is 3. The first-order chi connectivity index (χ1) is 10.6. The quantitative estimate of drug-likeness (QED) is 0.810. The summed E-state index contributed by atoms with van der Waals surface area (Å²) in [6, 6.07) is 8.03. The Morgan fingerprint density at radius 2 is 2.09 bits per heavy atom. The zero-order valence-electron chi connectivity index (χ0n) is 12.9. The second-order valence-electron chi connectivity index (χ2n) is 5.89. The minimum Gasteiger partial charge on any atom is -0.326 e. The Morgan fingerprint density at radius 1 is 1.32 bits per heavy atom. The lowest BCUT2D eigenvalue weighted by molar-refractivity contribution is -0.120. The van der Waals surface area contributed by atoms with Gasteiger partial charge in [-0.1, -0.05) is 0 Å². The molecular formula is C16H21N5O. The zero-order chi connectivity index (χ0) is 15.5. The molecule has 2 atom stereocenters. The lowest BCUT2D eigenvalue weighted by atomic mass is 9.92. The monoisotopic (exact) mass is 299 g/mol.